The molecule has 0 saturated carbocycles. The lowest BCUT2D eigenvalue weighted by Crippen LogP contribution is -2.50. The zero-order chi connectivity index (χ0) is 17.7. The van der Waals surface area contributed by atoms with E-state index in [2.05, 4.69) is 5.32 Å². The fourth-order valence-electron chi connectivity index (χ4n) is 2.13. The molecule has 7 nitrogen and oxygen atoms in total. The van der Waals surface area contributed by atoms with E-state index in [1.54, 1.807) is 6.92 Å². The molecule has 0 aliphatic rings. The third-order valence-electron chi connectivity index (χ3n) is 3.25. The molecule has 0 radical (unpaired) electrons. The number of sulfone groups is 1. The molecule has 0 aliphatic carbocycles. The van der Waals surface area contributed by atoms with Crippen LogP contribution in [-0.4, -0.2) is 50.4 Å². The molecule has 0 fully saturated rings. The molecule has 8 heteroatoms. The number of nitrogens with one attached hydrogen (secondary N) is 1. The van der Waals surface area contributed by atoms with Crippen LogP contribution >= 0.6 is 0 Å². The van der Waals surface area contributed by atoms with Crippen LogP contribution in [0.15, 0.2) is 29.2 Å². The lowest BCUT2D eigenvalue weighted by atomic mass is 9.98. The molecule has 1 atom stereocenters. The largest absolute Gasteiger partial charge is 0.481 e. The molecule has 0 spiro atoms. The molecular weight excluding hydrogens is 322 g/mol. The smallest absolute Gasteiger partial charge is 0.305 e. The third kappa shape index (κ3) is 5.33. The molecule has 1 amide bonds. The van der Waals surface area contributed by atoms with Crippen molar-refractivity contribution in [3.05, 3.63) is 29.8 Å². The summed E-state index contributed by atoms with van der Waals surface area (Å²) in [6, 6.07) is 5.64. The summed E-state index contributed by atoms with van der Waals surface area (Å²) in [7, 11) is -2.02. The Morgan fingerprint density at radius 2 is 2.00 bits per heavy atom. The lowest BCUT2D eigenvalue weighted by Gasteiger charge is -2.28. The Morgan fingerprint density at radius 3 is 2.52 bits per heavy atom. The Hall–Kier alpha value is -1.93. The van der Waals surface area contributed by atoms with Gasteiger partial charge in [0.25, 0.3) is 5.91 Å². The van der Waals surface area contributed by atoms with Gasteiger partial charge in [0.1, 0.15) is 0 Å². The van der Waals surface area contributed by atoms with Crippen LogP contribution in [0.4, 0.5) is 0 Å². The number of amides is 1. The molecule has 0 heterocycles. The van der Waals surface area contributed by atoms with E-state index in [0.29, 0.717) is 0 Å². The summed E-state index contributed by atoms with van der Waals surface area (Å²) in [6.45, 7) is 3.08. The summed E-state index contributed by atoms with van der Waals surface area (Å²) in [5, 5.41) is 11.6. The van der Waals surface area contributed by atoms with Gasteiger partial charge in [-0.05, 0) is 25.1 Å². The molecule has 128 valence electrons. The SMILES string of the molecule is CCS(=O)(=O)c1cccc(C(=O)NC(C)(COC)CC(=O)O)c1. The first kappa shape index (κ1) is 19.1. The first-order valence-corrected chi connectivity index (χ1v) is 8.65. The molecule has 1 rings (SSSR count). The highest BCUT2D eigenvalue weighted by Crippen LogP contribution is 2.16. The fourth-order valence-corrected chi connectivity index (χ4v) is 3.05. The second kappa shape index (κ2) is 7.56. The number of carbonyl (C=O) groups is 2. The van der Waals surface area contributed by atoms with Gasteiger partial charge in [-0.2, -0.15) is 0 Å². The summed E-state index contributed by atoms with van der Waals surface area (Å²) in [5.74, 6) is -1.70. The van der Waals surface area contributed by atoms with Crippen molar-refractivity contribution in [3.63, 3.8) is 0 Å². The van der Waals surface area contributed by atoms with Crippen LogP contribution in [0.1, 0.15) is 30.6 Å². The normalized spacial score (nSPS) is 14.0. The van der Waals surface area contributed by atoms with Crippen LogP contribution < -0.4 is 5.32 Å². The number of carboxylic acid groups (broad SMARTS) is 1. The van der Waals surface area contributed by atoms with Crippen molar-refractivity contribution in [2.75, 3.05) is 19.5 Å². The van der Waals surface area contributed by atoms with E-state index in [1.165, 1.54) is 38.3 Å². The monoisotopic (exact) mass is 343 g/mol. The van der Waals surface area contributed by atoms with E-state index in [4.69, 9.17) is 9.84 Å². The van der Waals surface area contributed by atoms with Gasteiger partial charge in [-0.15, -0.1) is 0 Å². The number of aliphatic carboxylic acids is 1. The van der Waals surface area contributed by atoms with Crippen molar-refractivity contribution < 1.29 is 27.9 Å². The third-order valence-corrected chi connectivity index (χ3v) is 4.99. The molecule has 23 heavy (non-hydrogen) atoms. The minimum absolute atomic E-state index is 0.0119. The summed E-state index contributed by atoms with van der Waals surface area (Å²) in [6.07, 6.45) is -0.320. The first-order valence-electron chi connectivity index (χ1n) is 6.99. The van der Waals surface area contributed by atoms with Crippen molar-refractivity contribution in [2.45, 2.75) is 30.7 Å². The Kier molecular flexibility index (Phi) is 6.28. The van der Waals surface area contributed by atoms with E-state index in [1.807, 2.05) is 0 Å². The zero-order valence-corrected chi connectivity index (χ0v) is 14.1. The van der Waals surface area contributed by atoms with Gasteiger partial charge in [-0.1, -0.05) is 13.0 Å². The van der Waals surface area contributed by atoms with Crippen molar-refractivity contribution in [1.82, 2.24) is 5.32 Å². The molecule has 0 aliphatic heterocycles. The van der Waals surface area contributed by atoms with Gasteiger partial charge in [0.05, 0.1) is 29.2 Å². The number of benzene rings is 1. The summed E-state index contributed by atoms with van der Waals surface area (Å²) in [5.41, 5.74) is -0.954. The average molecular weight is 343 g/mol. The number of rotatable bonds is 8. The topological polar surface area (TPSA) is 110 Å². The van der Waals surface area contributed by atoms with Crippen molar-refractivity contribution >= 4 is 21.7 Å². The summed E-state index contributed by atoms with van der Waals surface area (Å²) >= 11 is 0. The highest BCUT2D eigenvalue weighted by molar-refractivity contribution is 7.91. The number of hydrogen-bond acceptors (Lipinski definition) is 5. The van der Waals surface area contributed by atoms with Crippen LogP contribution in [0.3, 0.4) is 0 Å². The second-order valence-corrected chi connectivity index (χ2v) is 7.73. The maximum Gasteiger partial charge on any atom is 0.305 e. The Labute approximate surface area is 135 Å². The second-order valence-electron chi connectivity index (χ2n) is 5.45. The van der Waals surface area contributed by atoms with Crippen LogP contribution in [0, 0.1) is 0 Å². The van der Waals surface area contributed by atoms with Crippen molar-refractivity contribution in [3.8, 4) is 0 Å². The number of carboxylic acids is 1. The van der Waals surface area contributed by atoms with Gasteiger partial charge >= 0.3 is 5.97 Å². The van der Waals surface area contributed by atoms with E-state index in [-0.39, 0.29) is 29.2 Å². The molecule has 2 N–H and O–H groups in total. The fraction of sp³-hybridized carbons (Fsp3) is 0.467. The van der Waals surface area contributed by atoms with Crippen LogP contribution in [0.25, 0.3) is 0 Å². The number of carbonyl (C=O) groups excluding carboxylic acids is 1. The van der Waals surface area contributed by atoms with Gasteiger partial charge in [0.15, 0.2) is 9.84 Å². The molecule has 0 bridgehead atoms. The Bertz CT molecular complexity index is 685. The zero-order valence-electron chi connectivity index (χ0n) is 13.3. The molecule has 0 saturated heterocycles. The summed E-state index contributed by atoms with van der Waals surface area (Å²) in [4.78, 5) is 23.3. The maximum absolute atomic E-state index is 12.3. The van der Waals surface area contributed by atoms with Crippen LogP contribution in [0.5, 0.6) is 0 Å². The standard InChI is InChI=1S/C15H21NO6S/c1-4-23(20,21)12-7-5-6-11(8-12)14(19)16-15(2,10-22-3)9-13(17)18/h5-8H,4,9-10H2,1-3H3,(H,16,19)(H,17,18). The average Bonchev–Trinajstić information content (AvgIpc) is 2.46. The number of ether oxygens (including phenoxy) is 1. The quantitative estimate of drug-likeness (QED) is 0.731. The molecule has 1 unspecified atom stereocenters. The maximum atomic E-state index is 12.3. The predicted octanol–water partition coefficient (Wildman–Crippen LogP) is 1.09. The lowest BCUT2D eigenvalue weighted by molar-refractivity contribution is -0.139. The summed E-state index contributed by atoms with van der Waals surface area (Å²) < 4.78 is 28.7. The number of methoxy groups -OCH3 is 1. The number of hydrogen-bond donors (Lipinski definition) is 2. The first-order chi connectivity index (χ1) is 10.6. The van der Waals surface area contributed by atoms with E-state index >= 15 is 0 Å². The van der Waals surface area contributed by atoms with E-state index in [0.717, 1.165) is 0 Å². The Balaban J connectivity index is 3.05. The van der Waals surface area contributed by atoms with Crippen molar-refractivity contribution in [2.24, 2.45) is 0 Å². The molecule has 0 aromatic heterocycles. The van der Waals surface area contributed by atoms with Gasteiger partial charge in [-0.25, -0.2) is 8.42 Å². The van der Waals surface area contributed by atoms with Crippen LogP contribution in [-0.2, 0) is 19.4 Å². The highest BCUT2D eigenvalue weighted by atomic mass is 32.2. The van der Waals surface area contributed by atoms with Crippen molar-refractivity contribution in [1.29, 1.82) is 0 Å². The minimum Gasteiger partial charge on any atom is -0.481 e. The minimum atomic E-state index is -3.43. The van der Waals surface area contributed by atoms with Gasteiger partial charge in [0, 0.05) is 12.7 Å². The van der Waals surface area contributed by atoms with E-state index < -0.39 is 27.3 Å². The predicted molar refractivity (Wildman–Crippen MR) is 84.2 cm³/mol. The molecular formula is C15H21NO6S. The van der Waals surface area contributed by atoms with E-state index in [9.17, 15) is 18.0 Å². The van der Waals surface area contributed by atoms with Gasteiger partial charge in [-0.3, -0.25) is 9.59 Å². The van der Waals surface area contributed by atoms with Crippen LogP contribution in [0.2, 0.25) is 0 Å². The molecule has 1 aromatic rings. The molecule has 1 aromatic carbocycles. The van der Waals surface area contributed by atoms with Gasteiger partial charge in [0.2, 0.25) is 0 Å². The highest BCUT2D eigenvalue weighted by Gasteiger charge is 2.30. The van der Waals surface area contributed by atoms with Gasteiger partial charge < -0.3 is 15.2 Å². The Morgan fingerprint density at radius 1 is 1.35 bits per heavy atom.